The van der Waals surface area contributed by atoms with Gasteiger partial charge in [-0.05, 0) is 12.1 Å². The molecule has 1 heterocycles. The second kappa shape index (κ2) is 5.22. The number of amides is 1. The lowest BCUT2D eigenvalue weighted by atomic mass is 10.4. The number of hydrogen-bond donors (Lipinski definition) is 2. The lowest BCUT2D eigenvalue weighted by molar-refractivity contribution is -0.109. The van der Waals surface area contributed by atoms with Crippen LogP contribution in [-0.4, -0.2) is 11.4 Å². The van der Waals surface area contributed by atoms with E-state index in [2.05, 4.69) is 15.8 Å². The number of pyridine rings is 1. The number of carbonyl (C=O) groups is 1. The van der Waals surface area contributed by atoms with E-state index in [9.17, 15) is 4.79 Å². The third-order valence-corrected chi connectivity index (χ3v) is 0.937. The number of rotatable bonds is 3. The summed E-state index contributed by atoms with van der Waals surface area (Å²) in [7, 11) is 0. The maximum absolute atomic E-state index is 9.78. The highest BCUT2D eigenvalue weighted by Gasteiger charge is 1.83. The van der Waals surface area contributed by atoms with E-state index in [0.717, 1.165) is 5.69 Å². The van der Waals surface area contributed by atoms with Gasteiger partial charge in [-0.15, -0.1) is 0 Å². The molecule has 0 saturated heterocycles. The largest absolute Gasteiger partial charge is 0.297 e. The quantitative estimate of drug-likeness (QED) is 0.498. The molecular formula is C7H11N3O. The normalized spacial score (nSPS) is 7.64. The van der Waals surface area contributed by atoms with Crippen LogP contribution in [0.4, 0.5) is 5.69 Å². The summed E-state index contributed by atoms with van der Waals surface area (Å²) in [5.41, 5.74) is 5.67. The Hall–Kier alpha value is -1.58. The zero-order chi connectivity index (χ0) is 7.23. The molecule has 0 spiro atoms. The number of nitrogens with zero attached hydrogens (tertiary/aromatic N) is 1. The zero-order valence-corrected chi connectivity index (χ0v) is 5.24. The fourth-order valence-electron chi connectivity index (χ4n) is 0.549. The Bertz CT molecular complexity index is 200. The number of aromatic nitrogens is 1. The van der Waals surface area contributed by atoms with E-state index in [0.29, 0.717) is 6.41 Å². The molecule has 60 valence electrons. The SMILES string of the molecule is C.O=CNNc1cccnc1. The summed E-state index contributed by atoms with van der Waals surface area (Å²) >= 11 is 0. The van der Waals surface area contributed by atoms with Crippen LogP contribution in [0, 0.1) is 0 Å². The second-order valence-corrected chi connectivity index (χ2v) is 1.63. The van der Waals surface area contributed by atoms with Crippen molar-refractivity contribution in [3.8, 4) is 0 Å². The number of anilines is 1. The van der Waals surface area contributed by atoms with Crippen molar-refractivity contribution in [2.45, 2.75) is 7.43 Å². The van der Waals surface area contributed by atoms with E-state index in [1.165, 1.54) is 0 Å². The molecule has 0 aliphatic heterocycles. The zero-order valence-electron chi connectivity index (χ0n) is 5.24. The van der Waals surface area contributed by atoms with Gasteiger partial charge in [0.05, 0.1) is 11.9 Å². The molecule has 1 aromatic heterocycles. The Labute approximate surface area is 65.6 Å². The third-order valence-electron chi connectivity index (χ3n) is 0.937. The van der Waals surface area contributed by atoms with Crippen molar-refractivity contribution in [3.05, 3.63) is 24.5 Å². The highest BCUT2D eigenvalue weighted by Crippen LogP contribution is 1.98. The highest BCUT2D eigenvalue weighted by molar-refractivity contribution is 5.51. The summed E-state index contributed by atoms with van der Waals surface area (Å²) in [5, 5.41) is 0. The van der Waals surface area contributed by atoms with E-state index in [-0.39, 0.29) is 7.43 Å². The molecule has 0 fully saturated rings. The van der Waals surface area contributed by atoms with Gasteiger partial charge >= 0.3 is 0 Å². The van der Waals surface area contributed by atoms with E-state index in [1.807, 2.05) is 0 Å². The van der Waals surface area contributed by atoms with Crippen molar-refractivity contribution < 1.29 is 4.79 Å². The Balaban J connectivity index is 0.000001000. The van der Waals surface area contributed by atoms with Crippen molar-refractivity contribution in [2.75, 3.05) is 5.43 Å². The van der Waals surface area contributed by atoms with Crippen molar-refractivity contribution in [1.29, 1.82) is 0 Å². The molecule has 0 atom stereocenters. The van der Waals surface area contributed by atoms with Gasteiger partial charge in [-0.25, -0.2) is 0 Å². The third kappa shape index (κ3) is 3.20. The van der Waals surface area contributed by atoms with E-state index in [1.54, 1.807) is 24.5 Å². The minimum Gasteiger partial charge on any atom is -0.297 e. The summed E-state index contributed by atoms with van der Waals surface area (Å²) in [6, 6.07) is 3.57. The molecule has 1 amide bonds. The molecule has 4 nitrogen and oxygen atoms in total. The standard InChI is InChI=1S/C6H7N3O.CH4/c10-5-8-9-6-2-1-3-7-4-6;/h1-5,9H,(H,8,10);1H4. The predicted molar refractivity (Wildman–Crippen MR) is 43.8 cm³/mol. The van der Waals surface area contributed by atoms with Gasteiger partial charge in [0.2, 0.25) is 6.41 Å². The molecular weight excluding hydrogens is 142 g/mol. The van der Waals surface area contributed by atoms with Gasteiger partial charge in [-0.2, -0.15) is 0 Å². The molecule has 0 aromatic carbocycles. The Morgan fingerprint density at radius 2 is 2.36 bits per heavy atom. The lowest BCUT2D eigenvalue weighted by Crippen LogP contribution is -2.18. The molecule has 11 heavy (non-hydrogen) atoms. The van der Waals surface area contributed by atoms with E-state index >= 15 is 0 Å². The fraction of sp³-hybridized carbons (Fsp3) is 0.143. The Morgan fingerprint density at radius 3 is 2.91 bits per heavy atom. The predicted octanol–water partition coefficient (Wildman–Crippen LogP) is 0.791. The highest BCUT2D eigenvalue weighted by atomic mass is 16.1. The molecule has 1 aromatic rings. The molecule has 0 aliphatic rings. The Morgan fingerprint density at radius 1 is 1.55 bits per heavy atom. The smallest absolute Gasteiger partial charge is 0.225 e. The van der Waals surface area contributed by atoms with Crippen LogP contribution in [0.3, 0.4) is 0 Å². The van der Waals surface area contributed by atoms with Crippen LogP contribution in [0.25, 0.3) is 0 Å². The molecule has 2 N–H and O–H groups in total. The lowest BCUT2D eigenvalue weighted by Gasteiger charge is -2.00. The van der Waals surface area contributed by atoms with Gasteiger partial charge < -0.3 is 0 Å². The summed E-state index contributed by atoms with van der Waals surface area (Å²) in [6.07, 6.45) is 3.83. The summed E-state index contributed by atoms with van der Waals surface area (Å²) in [5.74, 6) is 0. The maximum Gasteiger partial charge on any atom is 0.225 e. The Kier molecular flexibility index (Phi) is 4.47. The van der Waals surface area contributed by atoms with Crippen LogP contribution in [-0.2, 0) is 4.79 Å². The van der Waals surface area contributed by atoms with Gasteiger partial charge in [0.15, 0.2) is 0 Å². The van der Waals surface area contributed by atoms with Crippen LogP contribution in [0.2, 0.25) is 0 Å². The summed E-state index contributed by atoms with van der Waals surface area (Å²) in [6.45, 7) is 0. The van der Waals surface area contributed by atoms with Gasteiger partial charge in [0.25, 0.3) is 0 Å². The average Bonchev–Trinajstić information content (AvgIpc) is 2.03. The first kappa shape index (κ1) is 9.42. The monoisotopic (exact) mass is 153 g/mol. The molecule has 4 heteroatoms. The van der Waals surface area contributed by atoms with Crippen LogP contribution in [0.5, 0.6) is 0 Å². The molecule has 0 radical (unpaired) electrons. The van der Waals surface area contributed by atoms with Gasteiger partial charge in [-0.3, -0.25) is 20.6 Å². The number of hydrogen-bond acceptors (Lipinski definition) is 3. The first-order chi connectivity index (χ1) is 4.93. The first-order valence-corrected chi connectivity index (χ1v) is 2.78. The number of nitrogens with one attached hydrogen (secondary N) is 2. The summed E-state index contributed by atoms with van der Waals surface area (Å²) in [4.78, 5) is 13.6. The minimum atomic E-state index is 0. The maximum atomic E-state index is 9.78. The summed E-state index contributed by atoms with van der Waals surface area (Å²) < 4.78 is 0. The topological polar surface area (TPSA) is 54.0 Å². The van der Waals surface area contributed by atoms with Crippen LogP contribution < -0.4 is 10.9 Å². The molecule has 0 saturated carbocycles. The van der Waals surface area contributed by atoms with Crippen molar-refractivity contribution in [2.24, 2.45) is 0 Å². The fourth-order valence-corrected chi connectivity index (χ4v) is 0.549. The van der Waals surface area contributed by atoms with Crippen LogP contribution >= 0.6 is 0 Å². The molecule has 0 unspecified atom stereocenters. The van der Waals surface area contributed by atoms with Crippen LogP contribution in [0.15, 0.2) is 24.5 Å². The van der Waals surface area contributed by atoms with Gasteiger partial charge in [0, 0.05) is 6.20 Å². The van der Waals surface area contributed by atoms with Crippen molar-refractivity contribution in [3.63, 3.8) is 0 Å². The first-order valence-electron chi connectivity index (χ1n) is 2.78. The van der Waals surface area contributed by atoms with E-state index in [4.69, 9.17) is 0 Å². The molecule has 0 aliphatic carbocycles. The minimum absolute atomic E-state index is 0. The molecule has 1 rings (SSSR count). The van der Waals surface area contributed by atoms with Crippen molar-refractivity contribution in [1.82, 2.24) is 10.4 Å². The molecule has 0 bridgehead atoms. The second-order valence-electron chi connectivity index (χ2n) is 1.63. The van der Waals surface area contributed by atoms with Gasteiger partial charge in [-0.1, -0.05) is 7.43 Å². The van der Waals surface area contributed by atoms with Gasteiger partial charge in [0.1, 0.15) is 0 Å². The van der Waals surface area contributed by atoms with Crippen LogP contribution in [0.1, 0.15) is 7.43 Å². The van der Waals surface area contributed by atoms with E-state index < -0.39 is 0 Å². The number of hydrazine groups is 1. The average molecular weight is 153 g/mol. The number of carbonyl (C=O) groups excluding carboxylic acids is 1. The van der Waals surface area contributed by atoms with Crippen molar-refractivity contribution >= 4 is 12.1 Å².